The van der Waals surface area contributed by atoms with Crippen molar-refractivity contribution in [3.63, 3.8) is 0 Å². The number of likely N-dealkylation sites (tertiary alicyclic amines) is 2. The van der Waals surface area contributed by atoms with E-state index < -0.39 is 0 Å². The van der Waals surface area contributed by atoms with Crippen LogP contribution >= 0.6 is 0 Å². The summed E-state index contributed by atoms with van der Waals surface area (Å²) >= 11 is 0. The summed E-state index contributed by atoms with van der Waals surface area (Å²) in [5, 5.41) is 0. The first-order chi connectivity index (χ1) is 20.9. The van der Waals surface area contributed by atoms with Crippen LogP contribution in [0.15, 0.2) is 0 Å². The van der Waals surface area contributed by atoms with Crippen molar-refractivity contribution in [2.45, 2.75) is 168 Å². The van der Waals surface area contributed by atoms with Gasteiger partial charge in [-0.25, -0.2) is 0 Å². The van der Waals surface area contributed by atoms with Crippen molar-refractivity contribution < 1.29 is 18.4 Å². The zero-order chi connectivity index (χ0) is 31.0. The maximum Gasteiger partial charge on any atom is 0.115 e. The van der Waals surface area contributed by atoms with E-state index in [9.17, 15) is 0 Å². The van der Waals surface area contributed by atoms with Crippen molar-refractivity contribution in [3.05, 3.63) is 0 Å². The van der Waals surface area contributed by atoms with Crippen LogP contribution in [-0.4, -0.2) is 88.8 Å². The summed E-state index contributed by atoms with van der Waals surface area (Å²) in [5.41, 5.74) is 0.134. The summed E-state index contributed by atoms with van der Waals surface area (Å²) in [7, 11) is 5.05. The monoisotopic (exact) mass is 609 g/mol. The lowest BCUT2D eigenvalue weighted by Crippen LogP contribution is -2.60. The average molecular weight is 609 g/mol. The molecule has 0 radical (unpaired) electrons. The molecule has 0 atom stereocenters. The van der Waals surface area contributed by atoms with E-state index >= 15 is 0 Å². The molecule has 0 bridgehead atoms. The van der Waals surface area contributed by atoms with Gasteiger partial charge in [-0.2, -0.15) is 0 Å². The van der Waals surface area contributed by atoms with Gasteiger partial charge in [0, 0.05) is 38.9 Å². The zero-order valence-electron chi connectivity index (χ0n) is 30.3. The molecule has 43 heavy (non-hydrogen) atoms. The van der Waals surface area contributed by atoms with Gasteiger partial charge in [-0.1, -0.05) is 129 Å². The van der Waals surface area contributed by atoms with Gasteiger partial charge in [0.15, 0.2) is 0 Å². The van der Waals surface area contributed by atoms with E-state index in [1.165, 1.54) is 202 Å². The molecule has 4 nitrogen and oxygen atoms in total. The van der Waals surface area contributed by atoms with Crippen molar-refractivity contribution in [1.29, 1.82) is 0 Å². The minimum Gasteiger partial charge on any atom is -0.380 e. The maximum absolute atomic E-state index is 6.64. The van der Waals surface area contributed by atoms with Crippen LogP contribution in [0.5, 0.6) is 0 Å². The lowest BCUT2D eigenvalue weighted by Gasteiger charge is -2.45. The van der Waals surface area contributed by atoms with E-state index in [0.29, 0.717) is 0 Å². The molecule has 256 valence electrons. The molecule has 0 aromatic rings. The summed E-state index contributed by atoms with van der Waals surface area (Å²) in [6.07, 6.45) is 33.3. The minimum atomic E-state index is 0.134. The number of ether oxygens (including phenoxy) is 2. The van der Waals surface area contributed by atoms with Crippen LogP contribution in [-0.2, 0) is 9.47 Å². The molecule has 2 aliphatic rings. The minimum absolute atomic E-state index is 0.134. The van der Waals surface area contributed by atoms with E-state index in [0.717, 1.165) is 26.4 Å². The van der Waals surface area contributed by atoms with E-state index in [2.05, 4.69) is 27.9 Å². The molecule has 0 saturated carbocycles. The predicted octanol–water partition coefficient (Wildman–Crippen LogP) is 10.3. The third kappa shape index (κ3) is 18.5. The highest BCUT2D eigenvalue weighted by Gasteiger charge is 2.47. The first-order valence-corrected chi connectivity index (χ1v) is 19.8. The van der Waals surface area contributed by atoms with E-state index in [1.807, 2.05) is 0 Å². The number of hydrogen-bond acceptors (Lipinski definition) is 2. The number of hydrogen-bond donors (Lipinski definition) is 0. The molecule has 2 aliphatic heterocycles. The van der Waals surface area contributed by atoms with E-state index in [1.54, 1.807) is 0 Å². The SMILES string of the molecule is CCCCCCCCCCCCOCC(COCCCCCCCCCCCC)(C[N+]1(C)CCCC1)C[N+]1(C)CCCC1. The Morgan fingerprint density at radius 1 is 0.419 bits per heavy atom. The summed E-state index contributed by atoms with van der Waals surface area (Å²) in [5.74, 6) is 0. The van der Waals surface area contributed by atoms with Crippen molar-refractivity contribution in [2.24, 2.45) is 5.41 Å². The first kappa shape index (κ1) is 39.0. The second-order valence-corrected chi connectivity index (χ2v) is 15.8. The number of quaternary nitrogens is 2. The van der Waals surface area contributed by atoms with Crippen molar-refractivity contribution in [2.75, 3.05) is 79.8 Å². The Kier molecular flexibility index (Phi) is 21.8. The zero-order valence-corrected chi connectivity index (χ0v) is 30.3. The largest absolute Gasteiger partial charge is 0.380 e. The molecule has 0 aromatic heterocycles. The van der Waals surface area contributed by atoms with Crippen molar-refractivity contribution in [1.82, 2.24) is 0 Å². The second kappa shape index (κ2) is 24.1. The van der Waals surface area contributed by atoms with E-state index in [4.69, 9.17) is 9.47 Å². The van der Waals surface area contributed by atoms with Gasteiger partial charge < -0.3 is 18.4 Å². The number of nitrogens with zero attached hydrogens (tertiary/aromatic N) is 2. The van der Waals surface area contributed by atoms with Gasteiger partial charge in [-0.15, -0.1) is 0 Å². The molecule has 0 amide bonds. The van der Waals surface area contributed by atoms with Crippen LogP contribution in [0.2, 0.25) is 0 Å². The third-order valence-corrected chi connectivity index (χ3v) is 10.8. The Labute approximate surface area is 271 Å². The molecular formula is C39H80N2O2+2. The lowest BCUT2D eigenvalue weighted by molar-refractivity contribution is -0.928. The van der Waals surface area contributed by atoms with Crippen LogP contribution in [0.1, 0.15) is 168 Å². The molecule has 0 unspecified atom stereocenters. The fourth-order valence-electron chi connectivity index (χ4n) is 8.37. The molecule has 2 rings (SSSR count). The second-order valence-electron chi connectivity index (χ2n) is 15.8. The van der Waals surface area contributed by atoms with Gasteiger partial charge in [-0.3, -0.25) is 0 Å². The van der Waals surface area contributed by atoms with Crippen LogP contribution in [0.4, 0.5) is 0 Å². The van der Waals surface area contributed by atoms with Gasteiger partial charge in [0.25, 0.3) is 0 Å². The van der Waals surface area contributed by atoms with Gasteiger partial charge in [0.05, 0.1) is 66.6 Å². The summed E-state index contributed by atoms with van der Waals surface area (Å²) in [4.78, 5) is 0. The average Bonchev–Trinajstić information content (AvgIpc) is 3.61. The van der Waals surface area contributed by atoms with Crippen LogP contribution in [0.3, 0.4) is 0 Å². The van der Waals surface area contributed by atoms with Crippen LogP contribution in [0, 0.1) is 5.41 Å². The first-order valence-electron chi connectivity index (χ1n) is 19.8. The van der Waals surface area contributed by atoms with E-state index in [-0.39, 0.29) is 5.41 Å². The summed E-state index contributed by atoms with van der Waals surface area (Å²) in [6.45, 7) is 16.1. The van der Waals surface area contributed by atoms with Gasteiger partial charge >= 0.3 is 0 Å². The van der Waals surface area contributed by atoms with Gasteiger partial charge in [0.2, 0.25) is 0 Å². The predicted molar refractivity (Wildman–Crippen MR) is 188 cm³/mol. The molecule has 2 fully saturated rings. The third-order valence-electron chi connectivity index (χ3n) is 10.8. The summed E-state index contributed by atoms with van der Waals surface area (Å²) < 4.78 is 15.7. The highest BCUT2D eigenvalue weighted by Crippen LogP contribution is 2.33. The van der Waals surface area contributed by atoms with Gasteiger partial charge in [-0.05, 0) is 12.8 Å². The summed E-state index contributed by atoms with van der Waals surface area (Å²) in [6, 6.07) is 0. The Morgan fingerprint density at radius 3 is 1.00 bits per heavy atom. The number of rotatable bonds is 30. The normalized spacial score (nSPS) is 18.1. The fraction of sp³-hybridized carbons (Fsp3) is 1.00. The Morgan fingerprint density at radius 2 is 0.698 bits per heavy atom. The molecule has 2 heterocycles. The molecule has 0 aromatic carbocycles. The smallest absolute Gasteiger partial charge is 0.115 e. The lowest BCUT2D eigenvalue weighted by atomic mass is 9.86. The van der Waals surface area contributed by atoms with Gasteiger partial charge in [0.1, 0.15) is 5.41 Å². The maximum atomic E-state index is 6.64. The topological polar surface area (TPSA) is 18.5 Å². The van der Waals surface area contributed by atoms with Crippen LogP contribution in [0.25, 0.3) is 0 Å². The quantitative estimate of drug-likeness (QED) is 0.0596. The van der Waals surface area contributed by atoms with Crippen molar-refractivity contribution >= 4 is 0 Å². The number of unbranched alkanes of at least 4 members (excludes halogenated alkanes) is 18. The Bertz CT molecular complexity index is 573. The Balaban J connectivity index is 1.79. The highest BCUT2D eigenvalue weighted by atomic mass is 16.5. The fourth-order valence-corrected chi connectivity index (χ4v) is 8.37. The molecule has 0 N–H and O–H groups in total. The standard InChI is InChI=1S/C39H80N2O2/c1-5-7-9-11-13-15-17-19-21-27-33-42-37-39(35-40(3)29-23-24-30-40,36-41(4)31-25-26-32-41)38-43-34-28-22-20-18-16-14-12-10-8-6-2/h5-38H2,1-4H3/q+2. The molecule has 4 heteroatoms. The Hall–Kier alpha value is -0.160. The van der Waals surface area contributed by atoms with Crippen LogP contribution < -0.4 is 0 Å². The van der Waals surface area contributed by atoms with Crippen molar-refractivity contribution in [3.8, 4) is 0 Å². The molecule has 0 spiro atoms. The molecule has 2 saturated heterocycles. The molecule has 0 aliphatic carbocycles. The molecular weight excluding hydrogens is 528 g/mol. The highest BCUT2D eigenvalue weighted by molar-refractivity contribution is 4.82.